The zero-order valence-electron chi connectivity index (χ0n) is 10.6. The highest BCUT2D eigenvalue weighted by atomic mass is 35.5. The molecule has 6 heteroatoms. The van der Waals surface area contributed by atoms with Gasteiger partial charge in [0.25, 0.3) is 5.69 Å². The second-order valence-corrected chi connectivity index (χ2v) is 4.51. The molecule has 0 aliphatic heterocycles. The van der Waals surface area contributed by atoms with E-state index in [0.29, 0.717) is 22.0 Å². The lowest BCUT2D eigenvalue weighted by Gasteiger charge is -2.20. The van der Waals surface area contributed by atoms with E-state index in [1.54, 1.807) is 36.2 Å². The molecule has 2 aromatic carbocycles. The summed E-state index contributed by atoms with van der Waals surface area (Å²) in [5, 5.41) is 20.6. The summed E-state index contributed by atoms with van der Waals surface area (Å²) >= 11 is 5.91. The average Bonchev–Trinajstić information content (AvgIpc) is 2.46. The summed E-state index contributed by atoms with van der Waals surface area (Å²) in [5.74, 6) is 0. The summed E-state index contributed by atoms with van der Waals surface area (Å²) < 4.78 is 0. The van der Waals surface area contributed by atoms with Crippen LogP contribution in [0.15, 0.2) is 42.5 Å². The quantitative estimate of drug-likeness (QED) is 0.634. The maximum atomic E-state index is 11.1. The SMILES string of the molecule is CN(c1ccccc1C#N)c1cc(Cl)ccc1[N+](=O)[O-]. The highest BCUT2D eigenvalue weighted by molar-refractivity contribution is 6.31. The summed E-state index contributed by atoms with van der Waals surface area (Å²) in [6, 6.07) is 13.3. The summed E-state index contributed by atoms with van der Waals surface area (Å²) in [5.41, 5.74) is 1.29. The van der Waals surface area contributed by atoms with Crippen molar-refractivity contribution in [2.45, 2.75) is 0 Å². The van der Waals surface area contributed by atoms with Crippen LogP contribution in [-0.2, 0) is 0 Å². The van der Waals surface area contributed by atoms with Crippen molar-refractivity contribution in [3.05, 3.63) is 63.2 Å². The lowest BCUT2D eigenvalue weighted by Crippen LogP contribution is -2.12. The van der Waals surface area contributed by atoms with Crippen LogP contribution in [0.1, 0.15) is 5.56 Å². The highest BCUT2D eigenvalue weighted by Crippen LogP contribution is 2.35. The third kappa shape index (κ3) is 2.56. The summed E-state index contributed by atoms with van der Waals surface area (Å²) in [7, 11) is 1.66. The number of benzene rings is 2. The van der Waals surface area contributed by atoms with E-state index < -0.39 is 4.92 Å². The van der Waals surface area contributed by atoms with Crippen molar-refractivity contribution in [1.29, 1.82) is 5.26 Å². The first-order valence-corrected chi connectivity index (χ1v) is 6.09. The van der Waals surface area contributed by atoms with E-state index in [4.69, 9.17) is 16.9 Å². The molecule has 0 heterocycles. The Balaban J connectivity index is 2.59. The third-order valence-corrected chi connectivity index (χ3v) is 3.12. The minimum atomic E-state index is -0.475. The molecule has 0 saturated heterocycles. The Morgan fingerprint density at radius 1 is 1.25 bits per heavy atom. The molecule has 0 aliphatic carbocycles. The molecule has 0 unspecified atom stereocenters. The first-order chi connectivity index (χ1) is 9.54. The number of hydrogen-bond acceptors (Lipinski definition) is 4. The van der Waals surface area contributed by atoms with E-state index in [-0.39, 0.29) is 5.69 Å². The molecular formula is C14H10ClN3O2. The normalized spacial score (nSPS) is 9.85. The molecule has 0 bridgehead atoms. The molecule has 0 radical (unpaired) electrons. The number of rotatable bonds is 3. The van der Waals surface area contributed by atoms with Gasteiger partial charge in [0, 0.05) is 18.1 Å². The van der Waals surface area contributed by atoms with Gasteiger partial charge in [0.05, 0.1) is 16.2 Å². The number of nitro benzene ring substituents is 1. The van der Waals surface area contributed by atoms with Crippen LogP contribution in [0.25, 0.3) is 0 Å². The lowest BCUT2D eigenvalue weighted by atomic mass is 10.1. The molecule has 0 saturated carbocycles. The first kappa shape index (κ1) is 13.8. The van der Waals surface area contributed by atoms with Gasteiger partial charge in [-0.2, -0.15) is 5.26 Å². The van der Waals surface area contributed by atoms with E-state index >= 15 is 0 Å². The van der Waals surface area contributed by atoms with Gasteiger partial charge in [-0.25, -0.2) is 0 Å². The number of hydrogen-bond donors (Lipinski definition) is 0. The standard InChI is InChI=1S/C14H10ClN3O2/c1-17(12-5-3-2-4-10(12)9-16)14-8-11(15)6-7-13(14)18(19)20/h2-8H,1H3. The van der Waals surface area contributed by atoms with Crippen molar-refractivity contribution < 1.29 is 4.92 Å². The highest BCUT2D eigenvalue weighted by Gasteiger charge is 2.19. The molecule has 20 heavy (non-hydrogen) atoms. The summed E-state index contributed by atoms with van der Waals surface area (Å²) in [4.78, 5) is 12.2. The fourth-order valence-corrected chi connectivity index (χ4v) is 2.08. The van der Waals surface area contributed by atoms with E-state index in [9.17, 15) is 10.1 Å². The predicted octanol–water partition coefficient (Wildman–Crippen LogP) is 3.89. The number of nitriles is 1. The molecule has 100 valence electrons. The second-order valence-electron chi connectivity index (χ2n) is 4.08. The molecule has 0 N–H and O–H groups in total. The smallest absolute Gasteiger partial charge is 0.292 e. The molecule has 0 atom stereocenters. The Labute approximate surface area is 120 Å². The number of nitro groups is 1. The molecule has 0 spiro atoms. The number of nitrogens with zero attached hydrogens (tertiary/aromatic N) is 3. The first-order valence-electron chi connectivity index (χ1n) is 5.71. The van der Waals surface area contributed by atoms with Gasteiger partial charge < -0.3 is 4.90 Å². The minimum absolute atomic E-state index is 0.0651. The van der Waals surface area contributed by atoms with Crippen LogP contribution < -0.4 is 4.90 Å². The van der Waals surface area contributed by atoms with Crippen molar-refractivity contribution in [3.63, 3.8) is 0 Å². The second kappa shape index (κ2) is 5.59. The van der Waals surface area contributed by atoms with Crippen LogP contribution in [-0.4, -0.2) is 12.0 Å². The topological polar surface area (TPSA) is 70.2 Å². The third-order valence-electron chi connectivity index (χ3n) is 2.88. The van der Waals surface area contributed by atoms with Crippen LogP contribution in [0.3, 0.4) is 0 Å². The summed E-state index contributed by atoms with van der Waals surface area (Å²) in [6.45, 7) is 0. The lowest BCUT2D eigenvalue weighted by molar-refractivity contribution is -0.384. The van der Waals surface area contributed by atoms with Crippen molar-refractivity contribution >= 4 is 28.7 Å². The summed E-state index contributed by atoms with van der Waals surface area (Å²) in [6.07, 6.45) is 0. The van der Waals surface area contributed by atoms with Gasteiger partial charge >= 0.3 is 0 Å². The van der Waals surface area contributed by atoms with Crippen molar-refractivity contribution in [2.75, 3.05) is 11.9 Å². The zero-order chi connectivity index (χ0) is 14.7. The van der Waals surface area contributed by atoms with E-state index in [0.717, 1.165) is 0 Å². The molecule has 2 rings (SSSR count). The van der Waals surface area contributed by atoms with Crippen LogP contribution in [0.2, 0.25) is 5.02 Å². The van der Waals surface area contributed by atoms with Gasteiger partial charge in [-0.3, -0.25) is 10.1 Å². The predicted molar refractivity (Wildman–Crippen MR) is 77.3 cm³/mol. The Morgan fingerprint density at radius 2 is 1.95 bits per heavy atom. The van der Waals surface area contributed by atoms with Gasteiger partial charge in [0.15, 0.2) is 0 Å². The van der Waals surface area contributed by atoms with Crippen LogP contribution >= 0.6 is 11.6 Å². The van der Waals surface area contributed by atoms with Gasteiger partial charge in [0.1, 0.15) is 11.8 Å². The Bertz CT molecular complexity index is 710. The van der Waals surface area contributed by atoms with E-state index in [1.807, 2.05) is 0 Å². The Kier molecular flexibility index (Phi) is 3.87. The number of para-hydroxylation sites is 1. The molecule has 5 nitrogen and oxygen atoms in total. The Hall–Kier alpha value is -2.58. The zero-order valence-corrected chi connectivity index (χ0v) is 11.3. The monoisotopic (exact) mass is 287 g/mol. The average molecular weight is 288 g/mol. The van der Waals surface area contributed by atoms with Gasteiger partial charge in [-0.1, -0.05) is 23.7 Å². The maximum absolute atomic E-state index is 11.1. The van der Waals surface area contributed by atoms with Crippen LogP contribution in [0, 0.1) is 21.4 Å². The van der Waals surface area contributed by atoms with Crippen molar-refractivity contribution in [2.24, 2.45) is 0 Å². The molecule has 0 fully saturated rings. The molecule has 0 aromatic heterocycles. The van der Waals surface area contributed by atoms with E-state index in [2.05, 4.69) is 6.07 Å². The fraction of sp³-hybridized carbons (Fsp3) is 0.0714. The van der Waals surface area contributed by atoms with Crippen molar-refractivity contribution in [1.82, 2.24) is 0 Å². The van der Waals surface area contributed by atoms with Gasteiger partial charge in [-0.15, -0.1) is 0 Å². The molecule has 2 aromatic rings. The molecular weight excluding hydrogens is 278 g/mol. The molecule has 0 aliphatic rings. The van der Waals surface area contributed by atoms with E-state index in [1.165, 1.54) is 18.2 Å². The van der Waals surface area contributed by atoms with Gasteiger partial charge in [0.2, 0.25) is 0 Å². The van der Waals surface area contributed by atoms with Crippen LogP contribution in [0.5, 0.6) is 0 Å². The molecule has 0 amide bonds. The number of halogens is 1. The van der Waals surface area contributed by atoms with Crippen LogP contribution in [0.4, 0.5) is 17.1 Å². The Morgan fingerprint density at radius 3 is 2.60 bits per heavy atom. The fourth-order valence-electron chi connectivity index (χ4n) is 1.91. The van der Waals surface area contributed by atoms with Crippen molar-refractivity contribution in [3.8, 4) is 6.07 Å². The largest absolute Gasteiger partial charge is 0.338 e. The minimum Gasteiger partial charge on any atom is -0.338 e. The van der Waals surface area contributed by atoms with Gasteiger partial charge in [-0.05, 0) is 24.3 Å². The maximum Gasteiger partial charge on any atom is 0.292 e. The number of anilines is 2.